The van der Waals surface area contributed by atoms with Crippen LogP contribution in [0.15, 0.2) is 84.4 Å². The van der Waals surface area contributed by atoms with Gasteiger partial charge in [-0.1, -0.05) is 30.3 Å². The number of Topliss-reactive ketones (excluding diaryl/α,β-unsaturated/α-hetero) is 1. The number of ketones is 1. The van der Waals surface area contributed by atoms with E-state index in [0.29, 0.717) is 16.8 Å². The molecule has 31 heavy (non-hydrogen) atoms. The molecule has 1 heterocycles. The van der Waals surface area contributed by atoms with E-state index < -0.39 is 22.7 Å². The summed E-state index contributed by atoms with van der Waals surface area (Å²) in [6, 6.07) is 18.5. The van der Waals surface area contributed by atoms with Crippen molar-refractivity contribution >= 4 is 28.8 Å². The van der Waals surface area contributed by atoms with Crippen molar-refractivity contribution in [3.63, 3.8) is 0 Å². The molecule has 1 atom stereocenters. The van der Waals surface area contributed by atoms with Crippen molar-refractivity contribution in [3.05, 3.63) is 106 Å². The Hall–Kier alpha value is -4.46. The zero-order valence-corrected chi connectivity index (χ0v) is 16.0. The molecule has 0 radical (unpaired) electrons. The number of hydrogen-bond acceptors (Lipinski definition) is 6. The molecule has 8 nitrogen and oxygen atoms in total. The lowest BCUT2D eigenvalue weighted by molar-refractivity contribution is -0.384. The van der Waals surface area contributed by atoms with E-state index in [1.807, 2.05) is 0 Å². The van der Waals surface area contributed by atoms with Gasteiger partial charge in [0.2, 0.25) is 0 Å². The molecule has 1 amide bonds. The summed E-state index contributed by atoms with van der Waals surface area (Å²) in [5.41, 5.74) is 0.829. The van der Waals surface area contributed by atoms with E-state index in [4.69, 9.17) is 0 Å². The normalized spacial score (nSPS) is 17.7. The predicted octanol–water partition coefficient (Wildman–Crippen LogP) is 3.93. The molecular weight excluding hydrogens is 400 g/mol. The second-order valence-electron chi connectivity index (χ2n) is 6.90. The second-order valence-corrected chi connectivity index (χ2v) is 6.90. The third-order valence-electron chi connectivity index (χ3n) is 5.04. The molecule has 4 rings (SSSR count). The lowest BCUT2D eigenvalue weighted by atomic mass is 9.95. The van der Waals surface area contributed by atoms with Crippen molar-refractivity contribution < 1.29 is 24.7 Å². The highest BCUT2D eigenvalue weighted by atomic mass is 16.6. The molecule has 2 N–H and O–H groups in total. The Morgan fingerprint density at radius 3 is 2.10 bits per heavy atom. The average Bonchev–Trinajstić information content (AvgIpc) is 3.05. The molecule has 1 saturated heterocycles. The number of anilines is 1. The van der Waals surface area contributed by atoms with Gasteiger partial charge >= 0.3 is 0 Å². The number of carbonyl (C=O) groups excluding carboxylic acids is 2. The molecule has 0 aromatic heterocycles. The van der Waals surface area contributed by atoms with E-state index >= 15 is 0 Å². The van der Waals surface area contributed by atoms with E-state index in [2.05, 4.69) is 0 Å². The fourth-order valence-electron chi connectivity index (χ4n) is 3.56. The highest BCUT2D eigenvalue weighted by molar-refractivity contribution is 6.51. The highest BCUT2D eigenvalue weighted by Crippen LogP contribution is 2.42. The molecule has 1 aliphatic rings. The molecule has 0 saturated carbocycles. The van der Waals surface area contributed by atoms with Crippen LogP contribution in [0.5, 0.6) is 5.75 Å². The maximum Gasteiger partial charge on any atom is 0.300 e. The van der Waals surface area contributed by atoms with Gasteiger partial charge in [-0.15, -0.1) is 0 Å². The van der Waals surface area contributed by atoms with E-state index in [9.17, 15) is 29.9 Å². The first kappa shape index (κ1) is 19.8. The molecule has 0 aliphatic carbocycles. The summed E-state index contributed by atoms with van der Waals surface area (Å²) in [6.45, 7) is 0. The molecule has 8 heteroatoms. The monoisotopic (exact) mass is 416 g/mol. The van der Waals surface area contributed by atoms with Crippen molar-refractivity contribution in [3.8, 4) is 5.75 Å². The van der Waals surface area contributed by atoms with Crippen molar-refractivity contribution in [2.45, 2.75) is 6.04 Å². The Kier molecular flexibility index (Phi) is 4.96. The van der Waals surface area contributed by atoms with Crippen molar-refractivity contribution in [1.29, 1.82) is 0 Å². The first-order valence-electron chi connectivity index (χ1n) is 9.28. The smallest absolute Gasteiger partial charge is 0.300 e. The molecule has 0 bridgehead atoms. The molecule has 1 unspecified atom stereocenters. The maximum atomic E-state index is 13.0. The molecule has 0 spiro atoms. The second kappa shape index (κ2) is 7.75. The molecule has 1 fully saturated rings. The highest BCUT2D eigenvalue weighted by Gasteiger charge is 2.47. The third-order valence-corrected chi connectivity index (χ3v) is 5.04. The Bertz CT molecular complexity index is 1200. The Morgan fingerprint density at radius 1 is 0.903 bits per heavy atom. The molecule has 3 aromatic carbocycles. The molecule has 3 aromatic rings. The number of non-ortho nitro benzene ring substituents is 1. The van der Waals surface area contributed by atoms with Crippen LogP contribution in [0.2, 0.25) is 0 Å². The number of phenols is 1. The maximum absolute atomic E-state index is 13.0. The van der Waals surface area contributed by atoms with Crippen molar-refractivity contribution in [1.82, 2.24) is 0 Å². The van der Waals surface area contributed by atoms with E-state index in [1.165, 1.54) is 53.4 Å². The summed E-state index contributed by atoms with van der Waals surface area (Å²) in [6.07, 6.45) is 0. The van der Waals surface area contributed by atoms with Gasteiger partial charge in [-0.05, 0) is 42.0 Å². The van der Waals surface area contributed by atoms with E-state index in [-0.39, 0.29) is 22.8 Å². The molecule has 154 valence electrons. The predicted molar refractivity (Wildman–Crippen MR) is 112 cm³/mol. The van der Waals surface area contributed by atoms with Gasteiger partial charge in [-0.3, -0.25) is 24.6 Å². The first-order valence-corrected chi connectivity index (χ1v) is 9.28. The van der Waals surface area contributed by atoms with E-state index in [1.54, 1.807) is 30.3 Å². The van der Waals surface area contributed by atoms with Gasteiger partial charge in [0.25, 0.3) is 17.4 Å². The number of carbonyl (C=O) groups is 2. The lowest BCUT2D eigenvalue weighted by Gasteiger charge is -2.25. The van der Waals surface area contributed by atoms with Gasteiger partial charge in [0.15, 0.2) is 0 Å². The van der Waals surface area contributed by atoms with Gasteiger partial charge < -0.3 is 10.2 Å². The number of phenolic OH excluding ortho intramolecular Hbond substituents is 1. The van der Waals surface area contributed by atoms with Crippen molar-refractivity contribution in [2.75, 3.05) is 4.90 Å². The number of aliphatic hydroxyl groups excluding tert-OH is 1. The molecular formula is C23H16N2O6. The zero-order chi connectivity index (χ0) is 22.1. The van der Waals surface area contributed by atoms with Crippen LogP contribution in [0.25, 0.3) is 5.76 Å². The Labute approximate surface area is 176 Å². The fourth-order valence-corrected chi connectivity index (χ4v) is 3.56. The minimum absolute atomic E-state index is 0.0171. The van der Waals surface area contributed by atoms with E-state index in [0.717, 1.165) is 0 Å². The van der Waals surface area contributed by atoms with Crippen LogP contribution in [0, 0.1) is 10.1 Å². The van der Waals surface area contributed by atoms with Crippen LogP contribution < -0.4 is 4.90 Å². The topological polar surface area (TPSA) is 121 Å². The number of amides is 1. The largest absolute Gasteiger partial charge is 0.508 e. The van der Waals surface area contributed by atoms with Crippen LogP contribution in [0.1, 0.15) is 17.2 Å². The first-order chi connectivity index (χ1) is 14.9. The van der Waals surface area contributed by atoms with Gasteiger partial charge in [-0.2, -0.15) is 0 Å². The van der Waals surface area contributed by atoms with Gasteiger partial charge in [-0.25, -0.2) is 0 Å². The standard InChI is InChI=1S/C23H16N2O6/c26-18-12-10-16(11-13-18)24-20(14-6-8-17(9-7-14)25(30)31)19(22(28)23(24)29)21(27)15-4-2-1-3-5-15/h1-13,20,26-27H. The van der Waals surface area contributed by atoms with Crippen molar-refractivity contribution in [2.24, 2.45) is 0 Å². The SMILES string of the molecule is O=C1C(=O)N(c2ccc(O)cc2)C(c2ccc([N+](=O)[O-])cc2)C1=C(O)c1ccccc1. The number of aliphatic hydroxyl groups is 1. The number of rotatable bonds is 4. The van der Waals surface area contributed by atoms with Gasteiger partial charge in [0, 0.05) is 23.4 Å². The summed E-state index contributed by atoms with van der Waals surface area (Å²) in [7, 11) is 0. The number of aromatic hydroxyl groups is 1. The summed E-state index contributed by atoms with van der Waals surface area (Å²) in [5.74, 6) is -2.09. The quantitative estimate of drug-likeness (QED) is 0.219. The number of nitrogens with zero attached hydrogens (tertiary/aromatic N) is 2. The van der Waals surface area contributed by atoms with Gasteiger partial charge in [0.1, 0.15) is 11.5 Å². The van der Waals surface area contributed by atoms with Gasteiger partial charge in [0.05, 0.1) is 16.5 Å². The van der Waals surface area contributed by atoms with Crippen LogP contribution in [0.3, 0.4) is 0 Å². The number of hydrogen-bond donors (Lipinski definition) is 2. The summed E-state index contributed by atoms with van der Waals surface area (Å²) in [4.78, 5) is 37.6. The fraction of sp³-hybridized carbons (Fsp3) is 0.0435. The van der Waals surface area contributed by atoms with Crippen LogP contribution in [-0.4, -0.2) is 26.8 Å². The Balaban J connectivity index is 1.93. The number of benzene rings is 3. The zero-order valence-electron chi connectivity index (χ0n) is 16.0. The minimum Gasteiger partial charge on any atom is -0.508 e. The minimum atomic E-state index is -1.01. The Morgan fingerprint density at radius 2 is 1.52 bits per heavy atom. The molecule has 1 aliphatic heterocycles. The number of nitro groups is 1. The van der Waals surface area contributed by atoms with Crippen LogP contribution >= 0.6 is 0 Å². The summed E-state index contributed by atoms with van der Waals surface area (Å²) >= 11 is 0. The number of nitro benzene ring substituents is 1. The average molecular weight is 416 g/mol. The summed E-state index contributed by atoms with van der Waals surface area (Å²) < 4.78 is 0. The van der Waals surface area contributed by atoms with Crippen LogP contribution in [0.4, 0.5) is 11.4 Å². The van der Waals surface area contributed by atoms with Crippen LogP contribution in [-0.2, 0) is 9.59 Å². The lowest BCUT2D eigenvalue weighted by Crippen LogP contribution is -2.29. The third kappa shape index (κ3) is 3.51. The summed E-state index contributed by atoms with van der Waals surface area (Å²) in [5, 5.41) is 31.5.